The number of aromatic nitrogens is 4. The molecule has 2 aromatic rings. The van der Waals surface area contributed by atoms with Crippen LogP contribution in [0.1, 0.15) is 25.5 Å². The number of fused-ring (bicyclic) bond motifs is 1. The zero-order chi connectivity index (χ0) is 20.7. The molecule has 162 valence electrons. The van der Waals surface area contributed by atoms with Crippen LogP contribution in [0.25, 0.3) is 11.2 Å². The fourth-order valence-electron chi connectivity index (χ4n) is 3.68. The molecule has 3 aliphatic rings. The summed E-state index contributed by atoms with van der Waals surface area (Å²) in [6.45, 7) is 1.36. The summed E-state index contributed by atoms with van der Waals surface area (Å²) in [6, 6.07) is 0.541. The molecule has 2 aromatic heterocycles. The molecule has 4 heterocycles. The molecule has 2 saturated heterocycles. The van der Waals surface area contributed by atoms with E-state index in [1.807, 2.05) is 0 Å². The van der Waals surface area contributed by atoms with Crippen molar-refractivity contribution in [3.63, 3.8) is 0 Å². The lowest BCUT2D eigenvalue weighted by molar-refractivity contribution is -0.0491. The Morgan fingerprint density at radius 3 is 2.83 bits per heavy atom. The fourth-order valence-corrected chi connectivity index (χ4v) is 3.91. The first-order chi connectivity index (χ1) is 14.6. The molecule has 5 rings (SSSR count). The van der Waals surface area contributed by atoms with Crippen LogP contribution >= 0.6 is 12.2 Å². The Morgan fingerprint density at radius 1 is 1.20 bits per heavy atom. The number of hydrogen-bond donors (Lipinski definition) is 4. The second-order valence-electron chi connectivity index (χ2n) is 7.81. The molecule has 0 aromatic carbocycles. The number of aliphatic hydroxyl groups excluding tert-OH is 2. The van der Waals surface area contributed by atoms with Crippen LogP contribution in [0, 0.1) is 0 Å². The number of hydrogen-bond acceptors (Lipinski definition) is 10. The van der Waals surface area contributed by atoms with Gasteiger partial charge in [-0.05, 0) is 31.5 Å². The zero-order valence-electron chi connectivity index (χ0n) is 16.2. The van der Waals surface area contributed by atoms with Gasteiger partial charge in [-0.1, -0.05) is 0 Å². The van der Waals surface area contributed by atoms with Crippen molar-refractivity contribution >= 4 is 34.4 Å². The molecule has 0 amide bonds. The van der Waals surface area contributed by atoms with Gasteiger partial charge in [0.1, 0.15) is 31.2 Å². The summed E-state index contributed by atoms with van der Waals surface area (Å²) in [5, 5.41) is 27.7. The Labute approximate surface area is 177 Å². The van der Waals surface area contributed by atoms with Crippen LogP contribution in [0.4, 0.5) is 5.82 Å². The Hall–Kier alpha value is -2.12. The van der Waals surface area contributed by atoms with E-state index < -0.39 is 24.5 Å². The minimum atomic E-state index is -1.17. The van der Waals surface area contributed by atoms with Crippen LogP contribution < -0.4 is 10.6 Å². The number of anilines is 1. The van der Waals surface area contributed by atoms with Crippen LogP contribution in [0.5, 0.6) is 0 Å². The third-order valence-corrected chi connectivity index (χ3v) is 5.75. The van der Waals surface area contributed by atoms with E-state index in [1.165, 1.54) is 12.7 Å². The second kappa shape index (κ2) is 8.19. The Kier molecular flexibility index (Phi) is 5.41. The second-order valence-corrected chi connectivity index (χ2v) is 8.19. The van der Waals surface area contributed by atoms with Crippen molar-refractivity contribution in [3.8, 4) is 0 Å². The van der Waals surface area contributed by atoms with Crippen molar-refractivity contribution in [1.29, 1.82) is 0 Å². The number of ether oxygens (including phenoxy) is 3. The largest absolute Gasteiger partial charge is 0.468 e. The molecule has 1 saturated carbocycles. The summed E-state index contributed by atoms with van der Waals surface area (Å²) in [4.78, 5) is 13.0. The molecule has 0 spiro atoms. The number of imidazole rings is 1. The van der Waals surface area contributed by atoms with Crippen molar-refractivity contribution in [1.82, 2.24) is 24.8 Å². The number of nitrogens with zero attached hydrogens (tertiary/aromatic N) is 4. The van der Waals surface area contributed by atoms with Gasteiger partial charge in [0.15, 0.2) is 23.2 Å². The molecule has 4 unspecified atom stereocenters. The van der Waals surface area contributed by atoms with Crippen LogP contribution in [0.2, 0.25) is 0 Å². The Bertz CT molecular complexity index is 918. The van der Waals surface area contributed by atoms with Crippen LogP contribution in [-0.4, -0.2) is 85.1 Å². The van der Waals surface area contributed by atoms with Gasteiger partial charge in [-0.15, -0.1) is 0 Å². The van der Waals surface area contributed by atoms with E-state index in [2.05, 4.69) is 25.6 Å². The first-order valence-corrected chi connectivity index (χ1v) is 10.5. The van der Waals surface area contributed by atoms with E-state index in [4.69, 9.17) is 26.4 Å². The van der Waals surface area contributed by atoms with Gasteiger partial charge >= 0.3 is 0 Å². The molecule has 11 nitrogen and oxygen atoms in total. The maximum absolute atomic E-state index is 10.6. The molecule has 3 fully saturated rings. The maximum atomic E-state index is 10.6. The number of rotatable bonds is 6. The molecule has 5 atom stereocenters. The Balaban J connectivity index is 1.30. The first kappa shape index (κ1) is 19.8. The van der Waals surface area contributed by atoms with Gasteiger partial charge in [0.2, 0.25) is 0 Å². The molecule has 12 heteroatoms. The summed E-state index contributed by atoms with van der Waals surface area (Å²) < 4.78 is 18.4. The summed E-state index contributed by atoms with van der Waals surface area (Å²) in [5.74, 6) is 0.596. The monoisotopic (exact) mass is 436 g/mol. The summed E-state index contributed by atoms with van der Waals surface area (Å²) in [5.41, 5.74) is 1.05. The quantitative estimate of drug-likeness (QED) is 0.444. The molecule has 4 N–H and O–H groups in total. The predicted octanol–water partition coefficient (Wildman–Crippen LogP) is -0.300. The standard InChI is InChI=1S/C18H24N6O5S/c25-13-11(6-28-18(30)23-9-1-2-9)29-17(14(13)26)24-8-21-12-15(19-7-20-16(12)24)22-10-3-4-27-5-10/h7-11,13-14,17,25-26H,1-6H2,(H,23,30)(H,19,20,22)/t10-,11?,13?,14?,17?/m1/s1. The van der Waals surface area contributed by atoms with E-state index >= 15 is 0 Å². The topological polar surface area (TPSA) is 136 Å². The minimum Gasteiger partial charge on any atom is -0.468 e. The van der Waals surface area contributed by atoms with Crippen molar-refractivity contribution in [3.05, 3.63) is 12.7 Å². The van der Waals surface area contributed by atoms with Crippen molar-refractivity contribution in [2.45, 2.75) is 55.9 Å². The van der Waals surface area contributed by atoms with E-state index in [0.29, 0.717) is 36.2 Å². The van der Waals surface area contributed by atoms with Gasteiger partial charge in [0, 0.05) is 12.6 Å². The average molecular weight is 436 g/mol. The van der Waals surface area contributed by atoms with Gasteiger partial charge in [-0.25, -0.2) is 15.0 Å². The van der Waals surface area contributed by atoms with Gasteiger partial charge in [-0.3, -0.25) is 4.57 Å². The number of aliphatic hydroxyl groups is 2. The molecule has 0 bridgehead atoms. The normalized spacial score (nSPS) is 31.2. The van der Waals surface area contributed by atoms with Crippen molar-refractivity contribution < 1.29 is 24.4 Å². The highest BCUT2D eigenvalue weighted by molar-refractivity contribution is 7.80. The number of thiocarbonyl (C=S) groups is 1. The summed E-state index contributed by atoms with van der Waals surface area (Å²) in [6.07, 6.45) is 2.10. The highest BCUT2D eigenvalue weighted by atomic mass is 32.1. The van der Waals surface area contributed by atoms with E-state index in [0.717, 1.165) is 19.3 Å². The fraction of sp³-hybridized carbons (Fsp3) is 0.667. The lowest BCUT2D eigenvalue weighted by atomic mass is 10.1. The molecule has 2 aliphatic heterocycles. The lowest BCUT2D eigenvalue weighted by Crippen LogP contribution is -2.36. The highest BCUT2D eigenvalue weighted by Gasteiger charge is 2.45. The third-order valence-electron chi connectivity index (χ3n) is 5.52. The van der Waals surface area contributed by atoms with Crippen molar-refractivity contribution in [2.75, 3.05) is 25.1 Å². The third kappa shape index (κ3) is 3.93. The summed E-state index contributed by atoms with van der Waals surface area (Å²) >= 11 is 5.14. The molecular weight excluding hydrogens is 412 g/mol. The maximum Gasteiger partial charge on any atom is 0.256 e. The Morgan fingerprint density at radius 2 is 2.07 bits per heavy atom. The van der Waals surface area contributed by atoms with E-state index in [9.17, 15) is 10.2 Å². The van der Waals surface area contributed by atoms with Gasteiger partial charge in [0.05, 0.1) is 19.0 Å². The highest BCUT2D eigenvalue weighted by Crippen LogP contribution is 2.32. The predicted molar refractivity (Wildman–Crippen MR) is 109 cm³/mol. The van der Waals surface area contributed by atoms with Gasteiger partial charge < -0.3 is 35.1 Å². The molecular formula is C18H24N6O5S. The zero-order valence-corrected chi connectivity index (χ0v) is 17.0. The minimum absolute atomic E-state index is 0.0311. The average Bonchev–Trinajstić information content (AvgIpc) is 3.12. The molecule has 1 aliphatic carbocycles. The van der Waals surface area contributed by atoms with Crippen molar-refractivity contribution in [2.24, 2.45) is 0 Å². The SMILES string of the molecule is OC1C(COC(=S)NC2CC2)OC(n2cnc3c(N[C@@H]4CCOC4)ncnc32)C1O. The van der Waals surface area contributed by atoms with Gasteiger partial charge in [-0.2, -0.15) is 0 Å². The van der Waals surface area contributed by atoms with Crippen LogP contribution in [0.15, 0.2) is 12.7 Å². The number of nitrogens with one attached hydrogen (secondary N) is 2. The first-order valence-electron chi connectivity index (χ1n) is 10.1. The van der Waals surface area contributed by atoms with E-state index in [1.54, 1.807) is 4.57 Å². The van der Waals surface area contributed by atoms with Crippen LogP contribution in [0.3, 0.4) is 0 Å². The lowest BCUT2D eigenvalue weighted by Gasteiger charge is -2.17. The molecule has 30 heavy (non-hydrogen) atoms. The summed E-state index contributed by atoms with van der Waals surface area (Å²) in [7, 11) is 0. The van der Waals surface area contributed by atoms with Gasteiger partial charge in [0.25, 0.3) is 5.17 Å². The smallest absolute Gasteiger partial charge is 0.256 e. The van der Waals surface area contributed by atoms with Crippen LogP contribution in [-0.2, 0) is 14.2 Å². The van der Waals surface area contributed by atoms with E-state index in [-0.39, 0.29) is 17.8 Å². The molecule has 0 radical (unpaired) electrons.